The number of benzene rings is 1. The Kier molecular flexibility index (Phi) is 4.94. The zero-order chi connectivity index (χ0) is 16.6. The number of carbonyl (C=O) groups excluding carboxylic acids is 1. The highest BCUT2D eigenvalue weighted by atomic mass is 127. The molecule has 0 aromatic heterocycles. The Morgan fingerprint density at radius 2 is 2.04 bits per heavy atom. The van der Waals surface area contributed by atoms with Gasteiger partial charge in [0.15, 0.2) is 17.3 Å². The summed E-state index contributed by atoms with van der Waals surface area (Å²) in [5.41, 5.74) is 1.07. The van der Waals surface area contributed by atoms with Crippen molar-refractivity contribution in [2.24, 2.45) is 0 Å². The number of rotatable bonds is 4. The molecule has 2 atom stereocenters. The third-order valence-electron chi connectivity index (χ3n) is 5.07. The lowest BCUT2D eigenvalue weighted by Gasteiger charge is -2.41. The van der Waals surface area contributed by atoms with E-state index in [-0.39, 0.29) is 17.2 Å². The monoisotopic (exact) mass is 445 g/mol. The van der Waals surface area contributed by atoms with Crippen LogP contribution in [0.5, 0.6) is 11.5 Å². The fourth-order valence-electron chi connectivity index (χ4n) is 3.88. The lowest BCUT2D eigenvalue weighted by molar-refractivity contribution is -0.116. The quantitative estimate of drug-likeness (QED) is 0.663. The van der Waals surface area contributed by atoms with Crippen LogP contribution >= 0.6 is 30.1 Å². The van der Waals surface area contributed by atoms with Crippen LogP contribution in [0.2, 0.25) is 0 Å². The van der Waals surface area contributed by atoms with Gasteiger partial charge in [0, 0.05) is 44.0 Å². The van der Waals surface area contributed by atoms with Gasteiger partial charge in [-0.25, -0.2) is 0 Å². The number of allylic oxidation sites excluding steroid dienone is 1. The number of likely N-dealkylation sites (N-methyl/N-ethyl adjacent to an activating group) is 1. The van der Waals surface area contributed by atoms with E-state index >= 15 is 0 Å². The topological polar surface area (TPSA) is 38.8 Å². The van der Waals surface area contributed by atoms with E-state index in [1.165, 1.54) is 5.56 Å². The molecule has 1 aliphatic carbocycles. The van der Waals surface area contributed by atoms with E-state index in [4.69, 9.17) is 9.47 Å². The summed E-state index contributed by atoms with van der Waals surface area (Å²) >= 11 is 2.29. The van der Waals surface area contributed by atoms with Crippen molar-refractivity contribution >= 4 is 35.9 Å². The predicted molar refractivity (Wildman–Crippen MR) is 102 cm³/mol. The number of ketones is 1. The fraction of sp³-hybridized carbons (Fsp3) is 0.471. The maximum absolute atomic E-state index is 12.2. The molecule has 23 heavy (non-hydrogen) atoms. The maximum atomic E-state index is 12.2. The number of hydrogen-bond donors (Lipinski definition) is 0. The summed E-state index contributed by atoms with van der Waals surface area (Å²) in [6.07, 6.45) is 3.42. The normalized spacial score (nSPS) is 27.6. The van der Waals surface area contributed by atoms with Crippen molar-refractivity contribution in [1.82, 2.24) is 4.90 Å². The minimum atomic E-state index is -0.131. The van der Waals surface area contributed by atoms with Gasteiger partial charge in [-0.2, -0.15) is 0 Å². The Hall–Kier alpha value is -0.730. The van der Waals surface area contributed by atoms with Gasteiger partial charge < -0.3 is 14.4 Å². The van der Waals surface area contributed by atoms with Crippen LogP contribution in [0.1, 0.15) is 18.4 Å². The molecule has 0 radical (unpaired) electrons. The van der Waals surface area contributed by atoms with Crippen LogP contribution in [0.25, 0.3) is 0 Å². The highest BCUT2D eigenvalue weighted by Gasteiger charge is 2.52. The molecular formula is C17H20INO3S. The van der Waals surface area contributed by atoms with E-state index in [1.807, 2.05) is 12.1 Å². The second-order valence-corrected chi connectivity index (χ2v) is 7.96. The van der Waals surface area contributed by atoms with E-state index in [9.17, 15) is 4.79 Å². The zero-order valence-corrected chi connectivity index (χ0v) is 16.4. The molecular weight excluding hydrogens is 425 g/mol. The van der Waals surface area contributed by atoms with E-state index in [2.05, 4.69) is 45.3 Å². The van der Waals surface area contributed by atoms with Crippen LogP contribution in [0.4, 0.5) is 0 Å². The van der Waals surface area contributed by atoms with Crippen LogP contribution in [0.15, 0.2) is 29.2 Å². The molecule has 0 saturated carbocycles. The van der Waals surface area contributed by atoms with Crippen molar-refractivity contribution in [3.8, 4) is 11.5 Å². The van der Waals surface area contributed by atoms with E-state index in [0.717, 1.165) is 29.4 Å². The zero-order valence-electron chi connectivity index (χ0n) is 13.5. The van der Waals surface area contributed by atoms with Crippen LogP contribution in [0, 0.1) is 0 Å². The van der Waals surface area contributed by atoms with Gasteiger partial charge in [-0.05, 0) is 43.8 Å². The summed E-state index contributed by atoms with van der Waals surface area (Å²) in [4.78, 5) is 15.6. The molecule has 1 aromatic rings. The fourth-order valence-corrected chi connectivity index (χ4v) is 6.11. The highest BCUT2D eigenvalue weighted by Crippen LogP contribution is 2.54. The summed E-state index contributed by atoms with van der Waals surface area (Å²) in [5, 5.41) is 0. The van der Waals surface area contributed by atoms with E-state index in [1.54, 1.807) is 23.2 Å². The summed E-state index contributed by atoms with van der Waals surface area (Å²) in [6, 6.07) is 6.35. The van der Waals surface area contributed by atoms with Crippen molar-refractivity contribution < 1.29 is 14.3 Å². The molecule has 6 heteroatoms. The van der Waals surface area contributed by atoms with Gasteiger partial charge in [0.1, 0.15) is 0 Å². The highest BCUT2D eigenvalue weighted by molar-refractivity contribution is 14.2. The molecule has 2 aliphatic rings. The third kappa shape index (κ3) is 2.68. The predicted octanol–water partition coefficient (Wildman–Crippen LogP) is 3.59. The SMILES string of the molecule is COc1ccc(C23CCN(C)C2CC(=O)C=C3SI)cc1OC. The van der Waals surface area contributed by atoms with Crippen molar-refractivity contribution in [2.75, 3.05) is 27.8 Å². The first-order valence-corrected chi connectivity index (χ1v) is 10.9. The number of nitrogens with zero attached hydrogens (tertiary/aromatic N) is 1. The molecule has 4 nitrogen and oxygen atoms in total. The lowest BCUT2D eigenvalue weighted by atomic mass is 9.69. The van der Waals surface area contributed by atoms with Crippen LogP contribution in [0.3, 0.4) is 0 Å². The van der Waals surface area contributed by atoms with Gasteiger partial charge in [-0.3, -0.25) is 4.79 Å². The minimum absolute atomic E-state index is 0.131. The number of halogens is 1. The van der Waals surface area contributed by atoms with Gasteiger partial charge in [-0.1, -0.05) is 15.0 Å². The largest absolute Gasteiger partial charge is 0.493 e. The smallest absolute Gasteiger partial charge is 0.161 e. The first-order chi connectivity index (χ1) is 11.1. The second-order valence-electron chi connectivity index (χ2n) is 6.04. The van der Waals surface area contributed by atoms with Crippen LogP contribution in [-0.4, -0.2) is 44.5 Å². The molecule has 1 aliphatic heterocycles. The van der Waals surface area contributed by atoms with E-state index < -0.39 is 0 Å². The van der Waals surface area contributed by atoms with Crippen molar-refractivity contribution in [3.05, 3.63) is 34.7 Å². The average molecular weight is 445 g/mol. The molecule has 1 saturated heterocycles. The molecule has 1 heterocycles. The minimum Gasteiger partial charge on any atom is -0.493 e. The molecule has 1 fully saturated rings. The van der Waals surface area contributed by atoms with Crippen molar-refractivity contribution in [2.45, 2.75) is 24.3 Å². The summed E-state index contributed by atoms with van der Waals surface area (Å²) in [5.74, 6) is 1.69. The molecule has 1 aromatic carbocycles. The summed E-state index contributed by atoms with van der Waals surface area (Å²) in [7, 11) is 7.07. The Balaban J connectivity index is 2.17. The number of ether oxygens (including phenoxy) is 2. The van der Waals surface area contributed by atoms with Gasteiger partial charge in [-0.15, -0.1) is 0 Å². The van der Waals surface area contributed by atoms with Gasteiger partial charge >= 0.3 is 0 Å². The lowest BCUT2D eigenvalue weighted by Crippen LogP contribution is -2.45. The number of methoxy groups -OCH3 is 2. The Morgan fingerprint density at radius 1 is 1.30 bits per heavy atom. The average Bonchev–Trinajstić information content (AvgIpc) is 2.91. The first-order valence-electron chi connectivity index (χ1n) is 7.53. The van der Waals surface area contributed by atoms with Gasteiger partial charge in [0.05, 0.1) is 14.2 Å². The summed E-state index contributed by atoms with van der Waals surface area (Å²) < 4.78 is 10.9. The standard InChI is InChI=1S/C17H20INO3S/c1-19-7-6-17(15(19)9-12(20)10-16(17)23-18)11-4-5-13(21-2)14(8-11)22-3/h4-5,8,10,15H,6-7,9H2,1-3H3. The molecule has 2 unspecified atom stereocenters. The summed E-state index contributed by atoms with van der Waals surface area (Å²) in [6.45, 7) is 0.987. The third-order valence-corrected chi connectivity index (χ3v) is 7.14. The van der Waals surface area contributed by atoms with Gasteiger partial charge in [0.25, 0.3) is 0 Å². The Bertz CT molecular complexity index is 663. The Morgan fingerprint density at radius 3 is 2.70 bits per heavy atom. The van der Waals surface area contributed by atoms with Crippen molar-refractivity contribution in [1.29, 1.82) is 0 Å². The van der Waals surface area contributed by atoms with Gasteiger partial charge in [0.2, 0.25) is 0 Å². The van der Waals surface area contributed by atoms with Crippen LogP contribution < -0.4 is 9.47 Å². The molecule has 0 spiro atoms. The molecule has 0 bridgehead atoms. The Labute approximate surface area is 153 Å². The van der Waals surface area contributed by atoms with E-state index in [0.29, 0.717) is 6.42 Å². The molecule has 124 valence electrons. The number of fused-ring (bicyclic) bond motifs is 1. The molecule has 3 rings (SSSR count). The molecule has 0 amide bonds. The number of carbonyl (C=O) groups is 1. The number of hydrogen-bond acceptors (Lipinski definition) is 5. The number of likely N-dealkylation sites (tertiary alicyclic amines) is 1. The van der Waals surface area contributed by atoms with Crippen molar-refractivity contribution in [3.63, 3.8) is 0 Å². The molecule has 0 N–H and O–H groups in total. The maximum Gasteiger partial charge on any atom is 0.161 e. The second kappa shape index (κ2) is 6.64. The van der Waals surface area contributed by atoms with Crippen LogP contribution in [-0.2, 0) is 10.2 Å². The first kappa shape index (κ1) is 17.1.